The van der Waals surface area contributed by atoms with Gasteiger partial charge in [0, 0.05) is 19.1 Å². The molecule has 0 saturated heterocycles. The molecule has 1 aromatic rings. The molecular formula is C18H17F3N4O2. The van der Waals surface area contributed by atoms with Gasteiger partial charge in [-0.3, -0.25) is 0 Å². The first-order valence-corrected chi connectivity index (χ1v) is 8.34. The minimum Gasteiger partial charge on any atom is -0.386 e. The average molecular weight is 378 g/mol. The molecule has 6 nitrogen and oxygen atoms in total. The first kappa shape index (κ1) is 19.2. The van der Waals surface area contributed by atoms with Gasteiger partial charge in [0.2, 0.25) is 0 Å². The molecule has 0 radical (unpaired) electrons. The number of halogens is 3. The molecule has 1 saturated carbocycles. The summed E-state index contributed by atoms with van der Waals surface area (Å²) in [5, 5.41) is 19.9. The molecule has 2 aliphatic rings. The third-order valence-corrected chi connectivity index (χ3v) is 5.15. The Bertz CT molecular complexity index is 880. The van der Waals surface area contributed by atoms with Crippen LogP contribution in [0.25, 0.3) is 0 Å². The molecule has 0 amide bonds. The Morgan fingerprint density at radius 3 is 2.30 bits per heavy atom. The third kappa shape index (κ3) is 2.16. The molecule has 3 rings (SSSR count). The van der Waals surface area contributed by atoms with Gasteiger partial charge < -0.3 is 15.2 Å². The summed E-state index contributed by atoms with van der Waals surface area (Å²) in [6.45, 7) is 3.53. The van der Waals surface area contributed by atoms with Gasteiger partial charge >= 0.3 is 6.18 Å². The third-order valence-electron chi connectivity index (χ3n) is 5.15. The minimum atomic E-state index is -4.56. The van der Waals surface area contributed by atoms with Gasteiger partial charge in [0.25, 0.3) is 5.91 Å². The number of nitrogens with two attached hydrogens (primary N) is 1. The normalized spacial score (nSPS) is 30.8. The van der Waals surface area contributed by atoms with Crippen molar-refractivity contribution >= 4 is 5.84 Å². The number of hydrogen-bond donors (Lipinski definition) is 1. The quantitative estimate of drug-likeness (QED) is 0.793. The van der Waals surface area contributed by atoms with E-state index in [1.807, 2.05) is 6.07 Å². The Labute approximate surface area is 154 Å². The van der Waals surface area contributed by atoms with E-state index in [0.29, 0.717) is 0 Å². The maximum Gasteiger partial charge on any atom is 0.416 e. The van der Waals surface area contributed by atoms with Crippen LogP contribution in [-0.2, 0) is 15.7 Å². The molecule has 0 spiro atoms. The summed E-state index contributed by atoms with van der Waals surface area (Å²) < 4.78 is 50.7. The zero-order valence-corrected chi connectivity index (χ0v) is 14.7. The van der Waals surface area contributed by atoms with Gasteiger partial charge in [-0.2, -0.15) is 23.7 Å². The highest BCUT2D eigenvalue weighted by Gasteiger charge is 2.93. The van der Waals surface area contributed by atoms with Crippen molar-refractivity contribution in [3.8, 4) is 12.1 Å². The summed E-state index contributed by atoms with van der Waals surface area (Å²) in [5.41, 5.74) is 2.01. The van der Waals surface area contributed by atoms with Crippen LogP contribution in [0.2, 0.25) is 0 Å². The number of nitriles is 2. The number of alkyl halides is 3. The van der Waals surface area contributed by atoms with Gasteiger partial charge in [0.05, 0.1) is 17.7 Å². The van der Waals surface area contributed by atoms with Crippen LogP contribution in [0, 0.1) is 33.5 Å². The van der Waals surface area contributed by atoms with E-state index in [1.54, 1.807) is 13.8 Å². The highest BCUT2D eigenvalue weighted by molar-refractivity contribution is 6.00. The molecule has 0 unspecified atom stereocenters. The van der Waals surface area contributed by atoms with E-state index in [2.05, 4.69) is 11.1 Å². The summed E-state index contributed by atoms with van der Waals surface area (Å²) >= 11 is 0. The van der Waals surface area contributed by atoms with Crippen LogP contribution in [0.4, 0.5) is 13.2 Å². The highest BCUT2D eigenvalue weighted by Crippen LogP contribution is 2.82. The Hall–Kier alpha value is -2.62. The van der Waals surface area contributed by atoms with Crippen molar-refractivity contribution in [3.05, 3.63) is 35.4 Å². The number of aliphatic imine (C=N–C) groups is 1. The molecule has 2 N–H and O–H groups in total. The zero-order valence-electron chi connectivity index (χ0n) is 14.7. The van der Waals surface area contributed by atoms with Crippen molar-refractivity contribution in [2.24, 2.45) is 21.6 Å². The molecule has 1 aliphatic carbocycles. The summed E-state index contributed by atoms with van der Waals surface area (Å²) in [7, 11) is 0. The second-order valence-electron chi connectivity index (χ2n) is 6.34. The van der Waals surface area contributed by atoms with Gasteiger partial charge in [-0.15, -0.1) is 0 Å². The molecule has 9 heteroatoms. The first-order valence-electron chi connectivity index (χ1n) is 8.34. The number of ether oxygens (including phenoxy) is 2. The Kier molecular flexibility index (Phi) is 4.22. The van der Waals surface area contributed by atoms with Gasteiger partial charge in [-0.25, -0.2) is 4.99 Å². The molecule has 1 heterocycles. The van der Waals surface area contributed by atoms with E-state index in [0.717, 1.165) is 12.1 Å². The van der Waals surface area contributed by atoms with E-state index < -0.39 is 34.4 Å². The van der Waals surface area contributed by atoms with Gasteiger partial charge in [0.1, 0.15) is 11.3 Å². The van der Waals surface area contributed by atoms with Crippen LogP contribution in [0.3, 0.4) is 0 Å². The Morgan fingerprint density at radius 1 is 1.19 bits per heavy atom. The maximum atomic E-state index is 13.1. The number of fused-ring (bicyclic) bond motifs is 1. The lowest BCUT2D eigenvalue weighted by Gasteiger charge is -2.31. The molecule has 1 aromatic carbocycles. The van der Waals surface area contributed by atoms with E-state index in [9.17, 15) is 23.7 Å². The number of nitrogens with zero attached hydrogens (tertiary/aromatic N) is 3. The molecule has 1 aliphatic heterocycles. The van der Waals surface area contributed by atoms with E-state index in [-0.39, 0.29) is 24.6 Å². The molecule has 0 bridgehead atoms. The van der Waals surface area contributed by atoms with Crippen LogP contribution in [0.5, 0.6) is 0 Å². The lowest BCUT2D eigenvalue weighted by Crippen LogP contribution is -2.43. The van der Waals surface area contributed by atoms with Crippen LogP contribution >= 0.6 is 0 Å². The van der Waals surface area contributed by atoms with Gasteiger partial charge in [-0.05, 0) is 25.5 Å². The maximum absolute atomic E-state index is 13.1. The zero-order chi connectivity index (χ0) is 20.1. The number of amidine groups is 1. The summed E-state index contributed by atoms with van der Waals surface area (Å²) in [5.74, 6) is -2.97. The second kappa shape index (κ2) is 5.95. The summed E-state index contributed by atoms with van der Waals surface area (Å²) in [6, 6.07) is 8.60. The summed E-state index contributed by atoms with van der Waals surface area (Å²) in [4.78, 5) is 4.15. The molecular weight excluding hydrogens is 361 g/mol. The molecule has 0 aromatic heterocycles. The van der Waals surface area contributed by atoms with Crippen LogP contribution in [-0.4, -0.2) is 25.0 Å². The van der Waals surface area contributed by atoms with Crippen molar-refractivity contribution in [2.75, 3.05) is 13.2 Å². The van der Waals surface area contributed by atoms with Crippen LogP contribution in [0.1, 0.15) is 30.9 Å². The average Bonchev–Trinajstić information content (AvgIpc) is 3.20. The fourth-order valence-corrected chi connectivity index (χ4v) is 4.14. The van der Waals surface area contributed by atoms with Crippen molar-refractivity contribution in [2.45, 2.75) is 31.9 Å². The SMILES string of the molecule is CCOC1(OCC)N=C(N)[C@@]2(C#N)[C@@H](c3cccc(C(F)(F)F)c3)[C@@]12C#N. The predicted octanol–water partition coefficient (Wildman–Crippen LogP) is 2.92. The smallest absolute Gasteiger partial charge is 0.386 e. The van der Waals surface area contributed by atoms with Crippen molar-refractivity contribution in [1.29, 1.82) is 10.5 Å². The van der Waals surface area contributed by atoms with Gasteiger partial charge in [0.15, 0.2) is 5.41 Å². The van der Waals surface area contributed by atoms with Crippen molar-refractivity contribution in [3.63, 3.8) is 0 Å². The van der Waals surface area contributed by atoms with E-state index in [4.69, 9.17) is 15.2 Å². The molecule has 142 valence electrons. The molecule has 1 fully saturated rings. The predicted molar refractivity (Wildman–Crippen MR) is 87.9 cm³/mol. The monoisotopic (exact) mass is 378 g/mol. The number of benzene rings is 1. The number of rotatable bonds is 5. The molecule has 27 heavy (non-hydrogen) atoms. The lowest BCUT2D eigenvalue weighted by molar-refractivity contribution is -0.255. The highest BCUT2D eigenvalue weighted by atomic mass is 19.4. The lowest BCUT2D eigenvalue weighted by atomic mass is 9.93. The molecule has 3 atom stereocenters. The van der Waals surface area contributed by atoms with Crippen molar-refractivity contribution < 1.29 is 22.6 Å². The van der Waals surface area contributed by atoms with Gasteiger partial charge in [-0.1, -0.05) is 18.2 Å². The number of hydrogen-bond acceptors (Lipinski definition) is 6. The fraction of sp³-hybridized carbons (Fsp3) is 0.500. The van der Waals surface area contributed by atoms with E-state index >= 15 is 0 Å². The van der Waals surface area contributed by atoms with Crippen molar-refractivity contribution in [1.82, 2.24) is 0 Å². The second-order valence-corrected chi connectivity index (χ2v) is 6.34. The van der Waals surface area contributed by atoms with Crippen LogP contribution in [0.15, 0.2) is 29.3 Å². The largest absolute Gasteiger partial charge is 0.416 e. The minimum absolute atomic E-state index is 0.108. The van der Waals surface area contributed by atoms with E-state index in [1.165, 1.54) is 12.1 Å². The Balaban J connectivity index is 2.21. The van der Waals surface area contributed by atoms with Crippen LogP contribution < -0.4 is 5.73 Å². The Morgan fingerprint density at radius 2 is 1.81 bits per heavy atom. The standard InChI is InChI=1S/C18H17F3N4O2/c1-3-26-18(27-4-2)16(10-23)13(15(16,9-22)14(24)25-18)11-6-5-7-12(8-11)17(19,20)21/h5-8,13H,3-4H2,1-2H3,(H2,24,25)/t13-,15-,16-/m1/s1. The summed E-state index contributed by atoms with van der Waals surface area (Å²) in [6.07, 6.45) is -4.56. The first-order chi connectivity index (χ1) is 12.7. The topological polar surface area (TPSA) is 104 Å². The fourth-order valence-electron chi connectivity index (χ4n) is 4.14.